The first-order valence-corrected chi connectivity index (χ1v) is 19.8. The first-order valence-electron chi connectivity index (χ1n) is 19.8. The summed E-state index contributed by atoms with van der Waals surface area (Å²) in [6, 6.07) is 12.4. The van der Waals surface area contributed by atoms with Crippen molar-refractivity contribution >= 4 is 51.1 Å². The summed E-state index contributed by atoms with van der Waals surface area (Å²) in [5.41, 5.74) is 3.08. The van der Waals surface area contributed by atoms with Gasteiger partial charge in [0.2, 0.25) is 11.8 Å². The van der Waals surface area contributed by atoms with E-state index in [9.17, 15) is 24.0 Å². The van der Waals surface area contributed by atoms with Crippen LogP contribution in [0.15, 0.2) is 68.9 Å². The molecule has 4 fully saturated rings. The lowest BCUT2D eigenvalue weighted by molar-refractivity contribution is -0.135. The van der Waals surface area contributed by atoms with Crippen LogP contribution in [0.1, 0.15) is 86.3 Å². The number of piperidine rings is 1. The Morgan fingerprint density at radius 2 is 1.73 bits per heavy atom. The molecule has 9 rings (SSSR count). The van der Waals surface area contributed by atoms with E-state index < -0.39 is 23.6 Å². The van der Waals surface area contributed by atoms with Crippen molar-refractivity contribution in [2.24, 2.45) is 5.92 Å². The molecule has 3 amide bonds. The number of oxazole rings is 1. The fourth-order valence-corrected chi connectivity index (χ4v) is 8.83. The Balaban J connectivity index is 0.783. The molecule has 5 heterocycles. The van der Waals surface area contributed by atoms with E-state index in [1.54, 1.807) is 41.1 Å². The molecule has 1 atom stereocenters. The molecule has 1 unspecified atom stereocenters. The Morgan fingerprint density at radius 1 is 0.946 bits per heavy atom. The van der Waals surface area contributed by atoms with Crippen molar-refractivity contribution in [2.45, 2.75) is 75.9 Å². The average molecular weight is 763 g/mol. The highest BCUT2D eigenvalue weighted by Gasteiger charge is 2.33. The predicted octanol–water partition coefficient (Wildman–Crippen LogP) is 4.62. The molecule has 2 saturated carbocycles. The molecule has 56 heavy (non-hydrogen) atoms. The van der Waals surface area contributed by atoms with Gasteiger partial charge in [0.05, 0.1) is 35.4 Å². The maximum Gasteiger partial charge on any atom is 0.420 e. The van der Waals surface area contributed by atoms with Gasteiger partial charge in [0.25, 0.3) is 11.5 Å². The lowest BCUT2D eigenvalue weighted by Gasteiger charge is -2.37. The van der Waals surface area contributed by atoms with Crippen LogP contribution in [-0.2, 0) is 9.59 Å². The van der Waals surface area contributed by atoms with Crippen LogP contribution >= 0.6 is 0 Å². The van der Waals surface area contributed by atoms with E-state index in [4.69, 9.17) is 14.3 Å². The molecule has 4 aliphatic rings. The first kappa shape index (κ1) is 36.0. The molecular formula is C41H46N8O7. The Morgan fingerprint density at radius 3 is 2.48 bits per heavy atom. The van der Waals surface area contributed by atoms with Gasteiger partial charge in [0.15, 0.2) is 5.58 Å². The number of nitrogens with zero attached hydrogens (tertiary/aromatic N) is 6. The molecular weight excluding hydrogens is 716 g/mol. The number of amides is 3. The molecule has 15 heteroatoms. The highest BCUT2D eigenvalue weighted by atomic mass is 16.5. The van der Waals surface area contributed by atoms with E-state index in [2.05, 4.69) is 25.1 Å². The summed E-state index contributed by atoms with van der Waals surface area (Å²) < 4.78 is 16.5. The number of pyridine rings is 1. The molecule has 2 aromatic carbocycles. The third-order valence-corrected chi connectivity index (χ3v) is 12.1. The Kier molecular flexibility index (Phi) is 9.47. The van der Waals surface area contributed by atoms with Gasteiger partial charge >= 0.3 is 5.76 Å². The van der Waals surface area contributed by atoms with Gasteiger partial charge in [-0.15, -0.1) is 0 Å². The number of carbonyl (C=O) groups excluding carboxylic acids is 3. The molecule has 0 radical (unpaired) electrons. The van der Waals surface area contributed by atoms with E-state index in [-0.39, 0.29) is 42.1 Å². The fourth-order valence-electron chi connectivity index (χ4n) is 8.83. The molecule has 2 saturated heterocycles. The number of benzene rings is 2. The summed E-state index contributed by atoms with van der Waals surface area (Å²) in [6.45, 7) is 4.43. The van der Waals surface area contributed by atoms with Gasteiger partial charge in [0.1, 0.15) is 17.5 Å². The van der Waals surface area contributed by atoms with Crippen LogP contribution < -0.4 is 31.6 Å². The van der Waals surface area contributed by atoms with Crippen LogP contribution in [0.5, 0.6) is 5.75 Å². The maximum atomic E-state index is 13.4. The minimum atomic E-state index is -0.768. The second-order valence-electron chi connectivity index (χ2n) is 15.7. The number of imide groups is 1. The van der Waals surface area contributed by atoms with E-state index in [0.29, 0.717) is 28.3 Å². The summed E-state index contributed by atoms with van der Waals surface area (Å²) in [5.74, 6) is -0.724. The molecule has 2 aliphatic heterocycles. The van der Waals surface area contributed by atoms with Crippen LogP contribution in [0.3, 0.4) is 0 Å². The fraction of sp³-hybridized carbons (Fsp3) is 0.463. The van der Waals surface area contributed by atoms with Gasteiger partial charge < -0.3 is 23.9 Å². The summed E-state index contributed by atoms with van der Waals surface area (Å²) in [4.78, 5) is 68.3. The molecule has 292 valence electrons. The van der Waals surface area contributed by atoms with Crippen LogP contribution in [0.25, 0.3) is 22.0 Å². The third kappa shape index (κ3) is 6.88. The minimum Gasteiger partial charge on any atom is -0.496 e. The van der Waals surface area contributed by atoms with E-state index in [1.807, 2.05) is 18.3 Å². The topological polar surface area (TPSA) is 166 Å². The second kappa shape index (κ2) is 14.8. The highest BCUT2D eigenvalue weighted by molar-refractivity contribution is 6.08. The SMILES string of the molecule is COc1cc2nn(C3CCC(CCN4CCN(c5cccc6c5oc(=O)n6C5CCC(=O)NC5=O)CC4)CC3)cc2cc1C(=O)Nc1cccn(C2CC2)c1=O. The number of aromatic nitrogens is 4. The third-order valence-electron chi connectivity index (χ3n) is 12.1. The van der Waals surface area contributed by atoms with Crippen molar-refractivity contribution in [1.82, 2.24) is 29.1 Å². The van der Waals surface area contributed by atoms with Gasteiger partial charge in [-0.3, -0.25) is 38.6 Å². The van der Waals surface area contributed by atoms with Gasteiger partial charge in [-0.1, -0.05) is 6.07 Å². The first-order chi connectivity index (χ1) is 27.2. The van der Waals surface area contributed by atoms with E-state index in [0.717, 1.165) is 94.3 Å². The standard InChI is InChI=1S/C41H46N8O7/c1-55-35-23-31-26(22-29(35)38(51)42-30-4-3-16-47(40(30)53)27-11-12-27)24-48(44-31)28-9-7-25(8-10-28)15-17-45-18-20-46(21-19-45)32-5-2-6-33-37(32)56-41(54)49(33)34-13-14-36(50)43-39(34)52/h2-6,16,22-25,27-28,34H,7-15,17-21H2,1H3,(H,42,51)(H,43,50,52). The molecule has 5 aromatic rings. The van der Waals surface area contributed by atoms with Crippen molar-refractivity contribution in [3.8, 4) is 5.75 Å². The van der Waals surface area contributed by atoms with Crippen LogP contribution in [-0.4, -0.2) is 81.4 Å². The van der Waals surface area contributed by atoms with Crippen LogP contribution in [0.4, 0.5) is 11.4 Å². The molecule has 0 spiro atoms. The number of fused-ring (bicyclic) bond motifs is 2. The number of para-hydroxylation sites is 1. The summed E-state index contributed by atoms with van der Waals surface area (Å²) in [5, 5.41) is 10.9. The smallest absolute Gasteiger partial charge is 0.420 e. The number of carbonyl (C=O) groups is 3. The highest BCUT2D eigenvalue weighted by Crippen LogP contribution is 2.37. The van der Waals surface area contributed by atoms with Crippen molar-refractivity contribution in [2.75, 3.05) is 50.1 Å². The predicted molar refractivity (Wildman–Crippen MR) is 209 cm³/mol. The lowest BCUT2D eigenvalue weighted by Crippen LogP contribution is -2.47. The zero-order valence-corrected chi connectivity index (χ0v) is 31.4. The zero-order chi connectivity index (χ0) is 38.5. The van der Waals surface area contributed by atoms with Gasteiger partial charge in [-0.05, 0) is 94.2 Å². The number of piperazine rings is 1. The van der Waals surface area contributed by atoms with Crippen molar-refractivity contribution < 1.29 is 23.5 Å². The van der Waals surface area contributed by atoms with Gasteiger partial charge in [0, 0.05) is 62.5 Å². The maximum absolute atomic E-state index is 13.4. The average Bonchev–Trinajstić information content (AvgIpc) is 3.88. The zero-order valence-electron chi connectivity index (χ0n) is 31.4. The number of ether oxygens (including phenoxy) is 1. The number of hydrogen-bond donors (Lipinski definition) is 2. The molecule has 0 bridgehead atoms. The van der Waals surface area contributed by atoms with Crippen molar-refractivity contribution in [1.29, 1.82) is 0 Å². The molecule has 15 nitrogen and oxygen atoms in total. The largest absolute Gasteiger partial charge is 0.496 e. The molecule has 3 aromatic heterocycles. The summed E-state index contributed by atoms with van der Waals surface area (Å²) >= 11 is 0. The van der Waals surface area contributed by atoms with Crippen molar-refractivity contribution in [3.05, 3.63) is 81.3 Å². The normalized spacial score (nSPS) is 22.1. The minimum absolute atomic E-state index is 0.183. The van der Waals surface area contributed by atoms with Crippen LogP contribution in [0, 0.1) is 5.92 Å². The summed E-state index contributed by atoms with van der Waals surface area (Å²) in [7, 11) is 1.53. The number of rotatable bonds is 10. The lowest BCUT2D eigenvalue weighted by atomic mass is 9.84. The van der Waals surface area contributed by atoms with E-state index >= 15 is 0 Å². The number of methoxy groups -OCH3 is 1. The van der Waals surface area contributed by atoms with E-state index in [1.165, 1.54) is 11.7 Å². The Labute approximate surface area is 322 Å². The molecule has 2 aliphatic carbocycles. The number of anilines is 2. The summed E-state index contributed by atoms with van der Waals surface area (Å²) in [6.07, 6.45) is 11.6. The van der Waals surface area contributed by atoms with Gasteiger partial charge in [-0.2, -0.15) is 5.10 Å². The molecule has 2 N–H and O–H groups in total. The number of nitrogens with one attached hydrogen (secondary N) is 2. The van der Waals surface area contributed by atoms with Crippen molar-refractivity contribution in [3.63, 3.8) is 0 Å². The Bertz CT molecular complexity index is 2440. The Hall–Kier alpha value is -5.70. The quantitative estimate of drug-likeness (QED) is 0.192. The van der Waals surface area contributed by atoms with Crippen LogP contribution in [0.2, 0.25) is 0 Å². The number of hydrogen-bond acceptors (Lipinski definition) is 10. The monoisotopic (exact) mass is 762 g/mol. The van der Waals surface area contributed by atoms with Gasteiger partial charge in [-0.25, -0.2) is 4.79 Å². The second-order valence-corrected chi connectivity index (χ2v) is 15.7.